The molecule has 4 rings (SSSR count). The summed E-state index contributed by atoms with van der Waals surface area (Å²) < 4.78 is 11.8. The van der Waals surface area contributed by atoms with Crippen LogP contribution >= 0.6 is 24.0 Å². The third kappa shape index (κ3) is 5.10. The van der Waals surface area contributed by atoms with Gasteiger partial charge in [0.05, 0.1) is 22.3 Å². The number of nitrogens with one attached hydrogen (secondary N) is 1. The van der Waals surface area contributed by atoms with Gasteiger partial charge in [-0.2, -0.15) is 0 Å². The highest BCUT2D eigenvalue weighted by molar-refractivity contribution is 8.26. The number of nitrogens with zero attached hydrogens (tertiary/aromatic N) is 1. The summed E-state index contributed by atoms with van der Waals surface area (Å²) >= 11 is 6.42. The highest BCUT2D eigenvalue weighted by Crippen LogP contribution is 2.34. The second-order valence-electron chi connectivity index (χ2n) is 7.37. The Bertz CT molecular complexity index is 1250. The first-order valence-electron chi connectivity index (χ1n) is 10.1. The summed E-state index contributed by atoms with van der Waals surface area (Å²) in [5, 5.41) is 10.5. The van der Waals surface area contributed by atoms with E-state index in [4.69, 9.17) is 21.4 Å². The number of carboxylic acid groups (broad SMARTS) is 1. The van der Waals surface area contributed by atoms with Crippen LogP contribution < -0.4 is 10.2 Å². The molecule has 1 amide bonds. The van der Waals surface area contributed by atoms with Crippen LogP contribution in [0, 0.1) is 0 Å². The van der Waals surface area contributed by atoms with E-state index in [0.717, 1.165) is 28.1 Å². The molecular formula is C24H20N2O5S2. The molecule has 3 aromatic rings. The van der Waals surface area contributed by atoms with Crippen LogP contribution in [0.15, 0.2) is 70.0 Å². The van der Waals surface area contributed by atoms with Crippen LogP contribution in [-0.4, -0.2) is 32.4 Å². The number of aromatic carboxylic acids is 1. The van der Waals surface area contributed by atoms with E-state index < -0.39 is 11.9 Å². The van der Waals surface area contributed by atoms with Crippen molar-refractivity contribution in [1.82, 2.24) is 5.01 Å². The van der Waals surface area contributed by atoms with E-state index in [-0.39, 0.29) is 21.7 Å². The molecule has 2 heterocycles. The number of amides is 1. The number of rotatable bonds is 7. The number of hydrogen-bond donors (Lipinski definition) is 2. The van der Waals surface area contributed by atoms with E-state index >= 15 is 0 Å². The Morgan fingerprint density at radius 1 is 1.15 bits per heavy atom. The normalized spacial score (nSPS) is 14.9. The van der Waals surface area contributed by atoms with Crippen LogP contribution in [0.25, 0.3) is 17.4 Å². The van der Waals surface area contributed by atoms with Gasteiger partial charge in [0.25, 0.3) is 5.91 Å². The van der Waals surface area contributed by atoms with Gasteiger partial charge >= 0.3 is 5.97 Å². The van der Waals surface area contributed by atoms with Crippen molar-refractivity contribution < 1.29 is 23.8 Å². The average molecular weight is 481 g/mol. The molecule has 0 bridgehead atoms. The van der Waals surface area contributed by atoms with Gasteiger partial charge in [0.2, 0.25) is 0 Å². The first-order valence-corrected chi connectivity index (χ1v) is 11.3. The number of thioether (sulfide) groups is 1. The van der Waals surface area contributed by atoms with E-state index in [0.29, 0.717) is 16.4 Å². The van der Waals surface area contributed by atoms with Crippen LogP contribution in [0.4, 0.5) is 5.69 Å². The molecule has 2 aromatic carbocycles. The zero-order chi connectivity index (χ0) is 23.5. The molecule has 1 aliphatic heterocycles. The molecule has 1 fully saturated rings. The summed E-state index contributed by atoms with van der Waals surface area (Å²) in [4.78, 5) is 24.7. The van der Waals surface area contributed by atoms with Gasteiger partial charge in [-0.15, -0.1) is 0 Å². The second-order valence-corrected chi connectivity index (χ2v) is 9.05. The molecule has 7 nitrogen and oxygen atoms in total. The van der Waals surface area contributed by atoms with Crippen molar-refractivity contribution in [2.24, 2.45) is 0 Å². The number of thiocarbonyl (C=S) groups is 1. The minimum atomic E-state index is -1.11. The molecule has 0 saturated carbocycles. The maximum Gasteiger partial charge on any atom is 0.337 e. The minimum absolute atomic E-state index is 0.0380. The molecule has 0 aliphatic carbocycles. The van der Waals surface area contributed by atoms with Gasteiger partial charge in [-0.1, -0.05) is 23.9 Å². The molecule has 168 valence electrons. The van der Waals surface area contributed by atoms with Crippen molar-refractivity contribution in [3.05, 3.63) is 76.9 Å². The van der Waals surface area contributed by atoms with Crippen molar-refractivity contribution in [3.63, 3.8) is 0 Å². The molecule has 0 spiro atoms. The standard InChI is InChI=1S/C24H20N2O5S2/c1-14(2)30-16-9-7-15(8-10-16)20-12-11-17(31-20)13-21-22(27)26(24(32)33-21)25-19-6-4-3-5-18(19)23(28)29/h3-14,25H,1-2H3,(H,28,29). The molecule has 33 heavy (non-hydrogen) atoms. The Morgan fingerprint density at radius 2 is 1.88 bits per heavy atom. The third-order valence-corrected chi connectivity index (χ3v) is 5.90. The number of carboxylic acids is 1. The lowest BCUT2D eigenvalue weighted by molar-refractivity contribution is -0.121. The highest BCUT2D eigenvalue weighted by Gasteiger charge is 2.33. The van der Waals surface area contributed by atoms with Gasteiger partial charge in [-0.25, -0.2) is 9.80 Å². The zero-order valence-corrected chi connectivity index (χ0v) is 19.4. The van der Waals surface area contributed by atoms with E-state index in [9.17, 15) is 14.7 Å². The first-order chi connectivity index (χ1) is 15.8. The van der Waals surface area contributed by atoms with Crippen molar-refractivity contribution >= 4 is 51.9 Å². The first kappa shape index (κ1) is 22.6. The number of ether oxygens (including phenoxy) is 1. The monoisotopic (exact) mass is 480 g/mol. The molecule has 1 aromatic heterocycles. The Labute approximate surface area is 200 Å². The van der Waals surface area contributed by atoms with Gasteiger partial charge in [0.15, 0.2) is 4.32 Å². The van der Waals surface area contributed by atoms with Crippen LogP contribution in [0.5, 0.6) is 5.75 Å². The molecule has 0 radical (unpaired) electrons. The average Bonchev–Trinajstić information content (AvgIpc) is 3.34. The molecule has 0 unspecified atom stereocenters. The van der Waals surface area contributed by atoms with Gasteiger partial charge < -0.3 is 14.3 Å². The quantitative estimate of drug-likeness (QED) is 0.331. The molecular weight excluding hydrogens is 460 g/mol. The lowest BCUT2D eigenvalue weighted by atomic mass is 10.2. The van der Waals surface area contributed by atoms with Crippen LogP contribution in [0.1, 0.15) is 30.0 Å². The molecule has 1 saturated heterocycles. The third-order valence-electron chi connectivity index (χ3n) is 4.59. The summed E-state index contributed by atoms with van der Waals surface area (Å²) in [6, 6.07) is 17.5. The van der Waals surface area contributed by atoms with Crippen molar-refractivity contribution in [3.8, 4) is 17.1 Å². The van der Waals surface area contributed by atoms with Gasteiger partial charge in [-0.05, 0) is 74.6 Å². The predicted octanol–water partition coefficient (Wildman–Crippen LogP) is 5.66. The fraction of sp³-hybridized carbons (Fsp3) is 0.125. The maximum absolute atomic E-state index is 12.9. The molecule has 0 atom stereocenters. The number of benzene rings is 2. The van der Waals surface area contributed by atoms with E-state index in [1.54, 1.807) is 30.3 Å². The number of furan rings is 1. The molecule has 1 aliphatic rings. The van der Waals surface area contributed by atoms with Crippen LogP contribution in [0.2, 0.25) is 0 Å². The van der Waals surface area contributed by atoms with Crippen LogP contribution in [-0.2, 0) is 4.79 Å². The Balaban J connectivity index is 1.50. The largest absolute Gasteiger partial charge is 0.491 e. The number of carbonyl (C=O) groups excluding carboxylic acids is 1. The highest BCUT2D eigenvalue weighted by atomic mass is 32.2. The van der Waals surface area contributed by atoms with E-state index in [1.165, 1.54) is 6.07 Å². The number of para-hydroxylation sites is 1. The topological polar surface area (TPSA) is 92.0 Å². The summed E-state index contributed by atoms with van der Waals surface area (Å²) in [5.74, 6) is 0.436. The van der Waals surface area contributed by atoms with Crippen LogP contribution in [0.3, 0.4) is 0 Å². The zero-order valence-electron chi connectivity index (χ0n) is 17.8. The van der Waals surface area contributed by atoms with Gasteiger partial charge in [0.1, 0.15) is 17.3 Å². The maximum atomic E-state index is 12.9. The SMILES string of the molecule is CC(C)Oc1ccc(-c2ccc(C=C3SC(=S)N(Nc4ccccc4C(=O)O)C3=O)o2)cc1. The fourth-order valence-corrected chi connectivity index (χ4v) is 4.30. The lowest BCUT2D eigenvalue weighted by Gasteiger charge is -2.18. The minimum Gasteiger partial charge on any atom is -0.491 e. The second kappa shape index (κ2) is 9.51. The van der Waals surface area contributed by atoms with E-state index in [1.807, 2.05) is 44.2 Å². The number of carbonyl (C=O) groups is 2. The van der Waals surface area contributed by atoms with Crippen molar-refractivity contribution in [2.45, 2.75) is 20.0 Å². The molecule has 2 N–H and O–H groups in total. The van der Waals surface area contributed by atoms with Gasteiger partial charge in [0, 0.05) is 11.6 Å². The smallest absolute Gasteiger partial charge is 0.337 e. The van der Waals surface area contributed by atoms with Crippen molar-refractivity contribution in [2.75, 3.05) is 5.43 Å². The summed E-state index contributed by atoms with van der Waals surface area (Å²) in [6.07, 6.45) is 1.71. The van der Waals surface area contributed by atoms with Crippen molar-refractivity contribution in [1.29, 1.82) is 0 Å². The Morgan fingerprint density at radius 3 is 2.58 bits per heavy atom. The number of hydrazine groups is 1. The predicted molar refractivity (Wildman–Crippen MR) is 132 cm³/mol. The lowest BCUT2D eigenvalue weighted by Crippen LogP contribution is -2.34. The Kier molecular flexibility index (Phi) is 6.52. The Hall–Kier alpha value is -3.56. The number of anilines is 1. The van der Waals surface area contributed by atoms with Gasteiger partial charge in [-0.3, -0.25) is 10.2 Å². The summed E-state index contributed by atoms with van der Waals surface area (Å²) in [6.45, 7) is 3.94. The number of hydrogen-bond acceptors (Lipinski definition) is 7. The molecule has 9 heteroatoms. The fourth-order valence-electron chi connectivity index (χ4n) is 3.14. The van der Waals surface area contributed by atoms with E-state index in [2.05, 4.69) is 5.43 Å². The summed E-state index contributed by atoms with van der Waals surface area (Å²) in [7, 11) is 0. The summed E-state index contributed by atoms with van der Waals surface area (Å²) in [5.41, 5.74) is 4.00.